The first kappa shape index (κ1) is 16.6. The van der Waals surface area contributed by atoms with Crippen molar-refractivity contribution in [1.29, 1.82) is 0 Å². The number of furan rings is 1. The van der Waals surface area contributed by atoms with E-state index in [9.17, 15) is 4.79 Å². The molecule has 0 aliphatic heterocycles. The SMILES string of the molecule is Cc1cc([C@H](C)NC(=O)c2ccc(OC3CCCC3)cc2)c(C)o1. The predicted molar refractivity (Wildman–Crippen MR) is 93.4 cm³/mol. The zero-order valence-corrected chi connectivity index (χ0v) is 14.6. The summed E-state index contributed by atoms with van der Waals surface area (Å²) in [6, 6.07) is 9.28. The number of hydrogen-bond donors (Lipinski definition) is 1. The molecule has 0 radical (unpaired) electrons. The molecule has 1 heterocycles. The summed E-state index contributed by atoms with van der Waals surface area (Å²) in [5, 5.41) is 3.02. The van der Waals surface area contributed by atoms with E-state index >= 15 is 0 Å². The molecule has 0 spiro atoms. The maximum atomic E-state index is 12.4. The van der Waals surface area contributed by atoms with Crippen LogP contribution in [0.25, 0.3) is 0 Å². The molecule has 2 aromatic rings. The van der Waals surface area contributed by atoms with E-state index < -0.39 is 0 Å². The topological polar surface area (TPSA) is 51.5 Å². The highest BCUT2D eigenvalue weighted by Crippen LogP contribution is 2.25. The number of hydrogen-bond acceptors (Lipinski definition) is 3. The van der Waals surface area contributed by atoms with E-state index in [4.69, 9.17) is 9.15 Å². The molecule has 1 amide bonds. The highest BCUT2D eigenvalue weighted by atomic mass is 16.5. The number of aryl methyl sites for hydroxylation is 2. The third-order valence-corrected chi connectivity index (χ3v) is 4.61. The zero-order chi connectivity index (χ0) is 17.1. The summed E-state index contributed by atoms with van der Waals surface area (Å²) in [6.07, 6.45) is 5.08. The number of benzene rings is 1. The van der Waals surface area contributed by atoms with Crippen LogP contribution in [0, 0.1) is 13.8 Å². The first-order valence-electron chi connectivity index (χ1n) is 8.67. The van der Waals surface area contributed by atoms with Gasteiger partial charge in [0.1, 0.15) is 17.3 Å². The molecule has 3 rings (SSSR count). The lowest BCUT2D eigenvalue weighted by Crippen LogP contribution is -2.26. The molecule has 0 unspecified atom stereocenters. The highest BCUT2D eigenvalue weighted by Gasteiger charge is 2.18. The predicted octanol–water partition coefficient (Wildman–Crippen LogP) is 4.71. The standard InChI is InChI=1S/C20H25NO3/c1-13-12-19(15(3)23-13)14(2)21-20(22)16-8-10-18(11-9-16)24-17-6-4-5-7-17/h8-12,14,17H,4-7H2,1-3H3,(H,21,22)/t14-/m0/s1. The molecule has 1 aliphatic carbocycles. The average molecular weight is 327 g/mol. The fourth-order valence-corrected chi connectivity index (χ4v) is 3.32. The summed E-state index contributed by atoms with van der Waals surface area (Å²) in [7, 11) is 0. The van der Waals surface area contributed by atoms with E-state index in [1.807, 2.05) is 51.1 Å². The number of carbonyl (C=O) groups excluding carboxylic acids is 1. The van der Waals surface area contributed by atoms with Crippen LogP contribution in [0.1, 0.15) is 66.1 Å². The van der Waals surface area contributed by atoms with Crippen LogP contribution in [0.2, 0.25) is 0 Å². The van der Waals surface area contributed by atoms with Gasteiger partial charge in [-0.05, 0) is 76.8 Å². The Bertz CT molecular complexity index is 696. The van der Waals surface area contributed by atoms with Crippen LogP contribution in [0.3, 0.4) is 0 Å². The lowest BCUT2D eigenvalue weighted by Gasteiger charge is -2.15. The number of ether oxygens (including phenoxy) is 1. The van der Waals surface area contributed by atoms with Crippen molar-refractivity contribution >= 4 is 5.91 Å². The molecular weight excluding hydrogens is 302 g/mol. The van der Waals surface area contributed by atoms with Crippen LogP contribution >= 0.6 is 0 Å². The molecule has 0 bridgehead atoms. The summed E-state index contributed by atoms with van der Waals surface area (Å²) in [5.41, 5.74) is 1.65. The summed E-state index contributed by atoms with van der Waals surface area (Å²) in [4.78, 5) is 12.4. The Kier molecular flexibility index (Phi) is 4.93. The molecule has 1 aromatic carbocycles. The summed E-state index contributed by atoms with van der Waals surface area (Å²) in [5.74, 6) is 2.46. The Morgan fingerprint density at radius 1 is 1.21 bits per heavy atom. The number of rotatable bonds is 5. The summed E-state index contributed by atoms with van der Waals surface area (Å²) < 4.78 is 11.5. The lowest BCUT2D eigenvalue weighted by atomic mass is 10.1. The minimum absolute atomic E-state index is 0.0897. The van der Waals surface area contributed by atoms with E-state index in [0.29, 0.717) is 11.7 Å². The lowest BCUT2D eigenvalue weighted by molar-refractivity contribution is 0.0939. The summed E-state index contributed by atoms with van der Waals surface area (Å²) in [6.45, 7) is 5.79. The van der Waals surface area contributed by atoms with Crippen molar-refractivity contribution in [3.63, 3.8) is 0 Å². The molecule has 1 N–H and O–H groups in total. The van der Waals surface area contributed by atoms with Gasteiger partial charge < -0.3 is 14.5 Å². The first-order chi connectivity index (χ1) is 11.5. The van der Waals surface area contributed by atoms with E-state index in [1.54, 1.807) is 0 Å². The number of nitrogens with one attached hydrogen (secondary N) is 1. The molecule has 4 nitrogen and oxygen atoms in total. The van der Waals surface area contributed by atoms with E-state index in [-0.39, 0.29) is 11.9 Å². The molecule has 1 aliphatic rings. The third kappa shape index (κ3) is 3.81. The first-order valence-corrected chi connectivity index (χ1v) is 8.67. The van der Waals surface area contributed by atoms with Crippen molar-refractivity contribution in [3.05, 3.63) is 53.0 Å². The summed E-state index contributed by atoms with van der Waals surface area (Å²) >= 11 is 0. The second-order valence-corrected chi connectivity index (χ2v) is 6.61. The van der Waals surface area contributed by atoms with Crippen molar-refractivity contribution in [1.82, 2.24) is 5.32 Å². The molecule has 4 heteroatoms. The molecule has 1 fully saturated rings. The second kappa shape index (κ2) is 7.12. The Morgan fingerprint density at radius 2 is 1.88 bits per heavy atom. The maximum absolute atomic E-state index is 12.4. The van der Waals surface area contributed by atoms with Crippen LogP contribution in [0.15, 0.2) is 34.7 Å². The zero-order valence-electron chi connectivity index (χ0n) is 14.6. The normalized spacial score (nSPS) is 16.1. The van der Waals surface area contributed by atoms with Gasteiger partial charge in [0.05, 0.1) is 12.1 Å². The monoisotopic (exact) mass is 327 g/mol. The van der Waals surface area contributed by atoms with Crippen molar-refractivity contribution in [2.45, 2.75) is 58.6 Å². The van der Waals surface area contributed by atoms with Gasteiger partial charge in [0.25, 0.3) is 5.91 Å². The van der Waals surface area contributed by atoms with Gasteiger partial charge in [-0.25, -0.2) is 0 Å². The maximum Gasteiger partial charge on any atom is 0.251 e. The van der Waals surface area contributed by atoms with Crippen molar-refractivity contribution in [2.24, 2.45) is 0 Å². The van der Waals surface area contributed by atoms with Crippen LogP contribution in [-0.4, -0.2) is 12.0 Å². The van der Waals surface area contributed by atoms with Gasteiger partial charge in [-0.15, -0.1) is 0 Å². The largest absolute Gasteiger partial charge is 0.490 e. The Morgan fingerprint density at radius 3 is 2.46 bits per heavy atom. The van der Waals surface area contributed by atoms with Crippen molar-refractivity contribution in [3.8, 4) is 5.75 Å². The van der Waals surface area contributed by atoms with Gasteiger partial charge in [0.2, 0.25) is 0 Å². The molecule has 1 aromatic heterocycles. The quantitative estimate of drug-likeness (QED) is 0.865. The number of amides is 1. The van der Waals surface area contributed by atoms with Crippen LogP contribution < -0.4 is 10.1 Å². The smallest absolute Gasteiger partial charge is 0.251 e. The molecule has 128 valence electrons. The Balaban J connectivity index is 1.61. The number of carbonyl (C=O) groups is 1. The van der Waals surface area contributed by atoms with E-state index in [1.165, 1.54) is 12.8 Å². The molecular formula is C20H25NO3. The fourth-order valence-electron chi connectivity index (χ4n) is 3.32. The van der Waals surface area contributed by atoms with Gasteiger partial charge >= 0.3 is 0 Å². The second-order valence-electron chi connectivity index (χ2n) is 6.61. The van der Waals surface area contributed by atoms with Gasteiger partial charge in [0.15, 0.2) is 0 Å². The van der Waals surface area contributed by atoms with Crippen molar-refractivity contribution in [2.75, 3.05) is 0 Å². The molecule has 0 saturated heterocycles. The van der Waals surface area contributed by atoms with Gasteiger partial charge in [-0.2, -0.15) is 0 Å². The molecule has 1 atom stereocenters. The Hall–Kier alpha value is -2.23. The Labute approximate surface area is 143 Å². The van der Waals surface area contributed by atoms with Crippen LogP contribution in [-0.2, 0) is 0 Å². The minimum Gasteiger partial charge on any atom is -0.490 e. The minimum atomic E-state index is -0.0932. The van der Waals surface area contributed by atoms with Gasteiger partial charge in [0, 0.05) is 11.1 Å². The van der Waals surface area contributed by atoms with Crippen molar-refractivity contribution < 1.29 is 13.9 Å². The van der Waals surface area contributed by atoms with Gasteiger partial charge in [-0.1, -0.05) is 0 Å². The molecule has 1 saturated carbocycles. The average Bonchev–Trinajstić information content (AvgIpc) is 3.17. The van der Waals surface area contributed by atoms with E-state index in [2.05, 4.69) is 5.32 Å². The van der Waals surface area contributed by atoms with Gasteiger partial charge in [-0.3, -0.25) is 4.79 Å². The fraction of sp³-hybridized carbons (Fsp3) is 0.450. The van der Waals surface area contributed by atoms with Crippen LogP contribution in [0.5, 0.6) is 5.75 Å². The van der Waals surface area contributed by atoms with E-state index in [0.717, 1.165) is 35.7 Å². The third-order valence-electron chi connectivity index (χ3n) is 4.61. The highest BCUT2D eigenvalue weighted by molar-refractivity contribution is 5.94. The molecule has 24 heavy (non-hydrogen) atoms. The van der Waals surface area contributed by atoms with Crippen LogP contribution in [0.4, 0.5) is 0 Å².